The molecule has 0 spiro atoms. The molecule has 92 valence electrons. The molecule has 1 unspecified atom stereocenters. The van der Waals surface area contributed by atoms with E-state index >= 15 is 0 Å². The van der Waals surface area contributed by atoms with Crippen LogP contribution in [0.5, 0.6) is 5.75 Å². The minimum absolute atomic E-state index is 0.0196. The number of aryl methyl sites for hydroxylation is 2. The molecule has 2 rings (SSSR count). The topological polar surface area (TPSA) is 56.9 Å². The standard InChI is InChI=1S/C11H17N5O/c1-12-10(8-5-13-15(2)7-8)11-9(17-4)6-14-16(11)3/h5-7,10,12H,1-4H3. The normalized spacial score (nSPS) is 12.7. The molecule has 0 aliphatic rings. The number of nitrogens with one attached hydrogen (secondary N) is 1. The predicted molar refractivity (Wildman–Crippen MR) is 63.9 cm³/mol. The van der Waals surface area contributed by atoms with Crippen molar-refractivity contribution in [3.63, 3.8) is 0 Å². The van der Waals surface area contributed by atoms with Crippen LogP contribution in [-0.4, -0.2) is 33.7 Å². The van der Waals surface area contributed by atoms with E-state index in [0.29, 0.717) is 0 Å². The molecule has 0 radical (unpaired) electrons. The molecule has 0 saturated heterocycles. The summed E-state index contributed by atoms with van der Waals surface area (Å²) in [5, 5.41) is 11.7. The lowest BCUT2D eigenvalue weighted by molar-refractivity contribution is 0.402. The van der Waals surface area contributed by atoms with Gasteiger partial charge in [0.1, 0.15) is 5.69 Å². The van der Waals surface area contributed by atoms with Gasteiger partial charge in [0, 0.05) is 25.9 Å². The largest absolute Gasteiger partial charge is 0.493 e. The van der Waals surface area contributed by atoms with E-state index in [1.54, 1.807) is 18.0 Å². The van der Waals surface area contributed by atoms with E-state index in [1.165, 1.54) is 0 Å². The lowest BCUT2D eigenvalue weighted by Crippen LogP contribution is -2.20. The first-order valence-corrected chi connectivity index (χ1v) is 5.39. The highest BCUT2D eigenvalue weighted by Crippen LogP contribution is 2.28. The molecule has 2 aromatic heterocycles. The molecule has 2 aromatic rings. The number of aromatic nitrogens is 4. The summed E-state index contributed by atoms with van der Waals surface area (Å²) >= 11 is 0. The Kier molecular flexibility index (Phi) is 3.14. The molecule has 0 aliphatic heterocycles. The Morgan fingerprint density at radius 1 is 1.29 bits per heavy atom. The third-order valence-corrected chi connectivity index (χ3v) is 2.79. The molecule has 2 heterocycles. The molecule has 0 saturated carbocycles. The average molecular weight is 235 g/mol. The third-order valence-electron chi connectivity index (χ3n) is 2.79. The zero-order chi connectivity index (χ0) is 12.4. The first-order chi connectivity index (χ1) is 8.17. The summed E-state index contributed by atoms with van der Waals surface area (Å²) in [6.07, 6.45) is 5.54. The first-order valence-electron chi connectivity index (χ1n) is 5.39. The van der Waals surface area contributed by atoms with Crippen LogP contribution >= 0.6 is 0 Å². The van der Waals surface area contributed by atoms with Crippen LogP contribution in [0.2, 0.25) is 0 Å². The van der Waals surface area contributed by atoms with Gasteiger partial charge in [0.05, 0.1) is 25.5 Å². The molecule has 6 nitrogen and oxygen atoms in total. The van der Waals surface area contributed by atoms with Crippen molar-refractivity contribution in [2.45, 2.75) is 6.04 Å². The van der Waals surface area contributed by atoms with Gasteiger partial charge in [-0.2, -0.15) is 10.2 Å². The van der Waals surface area contributed by atoms with Crippen molar-refractivity contribution in [1.82, 2.24) is 24.9 Å². The minimum atomic E-state index is 0.0196. The molecule has 0 fully saturated rings. The molecule has 0 aromatic carbocycles. The van der Waals surface area contributed by atoms with Crippen molar-refractivity contribution < 1.29 is 4.74 Å². The molecule has 0 bridgehead atoms. The van der Waals surface area contributed by atoms with E-state index in [-0.39, 0.29) is 6.04 Å². The van der Waals surface area contributed by atoms with E-state index in [4.69, 9.17) is 4.74 Å². The fraction of sp³-hybridized carbons (Fsp3) is 0.455. The van der Waals surface area contributed by atoms with Crippen molar-refractivity contribution in [2.24, 2.45) is 14.1 Å². The van der Waals surface area contributed by atoms with Crippen molar-refractivity contribution in [3.8, 4) is 5.75 Å². The Morgan fingerprint density at radius 3 is 2.59 bits per heavy atom. The van der Waals surface area contributed by atoms with Crippen LogP contribution in [0.4, 0.5) is 0 Å². The van der Waals surface area contributed by atoms with Crippen molar-refractivity contribution >= 4 is 0 Å². The number of ether oxygens (including phenoxy) is 1. The van der Waals surface area contributed by atoms with Gasteiger partial charge in [-0.05, 0) is 7.05 Å². The van der Waals surface area contributed by atoms with Crippen LogP contribution in [0, 0.1) is 0 Å². The first kappa shape index (κ1) is 11.7. The summed E-state index contributed by atoms with van der Waals surface area (Å²) in [4.78, 5) is 0. The van der Waals surface area contributed by atoms with Crippen molar-refractivity contribution in [2.75, 3.05) is 14.2 Å². The molecular formula is C11H17N5O. The summed E-state index contributed by atoms with van der Waals surface area (Å²) in [5.41, 5.74) is 2.07. The Morgan fingerprint density at radius 2 is 2.06 bits per heavy atom. The molecule has 1 N–H and O–H groups in total. The highest BCUT2D eigenvalue weighted by Gasteiger charge is 2.21. The van der Waals surface area contributed by atoms with Gasteiger partial charge in [-0.25, -0.2) is 0 Å². The van der Waals surface area contributed by atoms with Crippen LogP contribution in [-0.2, 0) is 14.1 Å². The zero-order valence-electron chi connectivity index (χ0n) is 10.5. The molecule has 17 heavy (non-hydrogen) atoms. The molecule has 0 amide bonds. The van der Waals surface area contributed by atoms with Gasteiger partial charge in [-0.15, -0.1) is 0 Å². The Hall–Kier alpha value is -1.82. The van der Waals surface area contributed by atoms with E-state index in [0.717, 1.165) is 17.0 Å². The highest BCUT2D eigenvalue weighted by atomic mass is 16.5. The van der Waals surface area contributed by atoms with Crippen LogP contribution in [0.3, 0.4) is 0 Å². The fourth-order valence-corrected chi connectivity index (χ4v) is 1.96. The van der Waals surface area contributed by atoms with Gasteiger partial charge in [-0.3, -0.25) is 9.36 Å². The molecular weight excluding hydrogens is 218 g/mol. The van der Waals surface area contributed by atoms with Gasteiger partial charge >= 0.3 is 0 Å². The summed E-state index contributed by atoms with van der Waals surface area (Å²) in [5.74, 6) is 0.774. The summed E-state index contributed by atoms with van der Waals surface area (Å²) in [7, 11) is 7.36. The van der Waals surface area contributed by atoms with Crippen LogP contribution < -0.4 is 10.1 Å². The SMILES string of the molecule is CNC(c1cnn(C)c1)c1c(OC)cnn1C. The maximum Gasteiger partial charge on any atom is 0.161 e. The number of methoxy groups -OCH3 is 1. The third kappa shape index (κ3) is 2.03. The number of hydrogen-bond donors (Lipinski definition) is 1. The summed E-state index contributed by atoms with van der Waals surface area (Å²) in [6, 6.07) is 0.0196. The van der Waals surface area contributed by atoms with Crippen molar-refractivity contribution in [3.05, 3.63) is 29.8 Å². The van der Waals surface area contributed by atoms with E-state index < -0.39 is 0 Å². The number of rotatable bonds is 4. The van der Waals surface area contributed by atoms with Gasteiger partial charge in [-0.1, -0.05) is 0 Å². The molecule has 1 atom stereocenters. The van der Waals surface area contributed by atoms with Gasteiger partial charge in [0.25, 0.3) is 0 Å². The van der Waals surface area contributed by atoms with Crippen LogP contribution in [0.25, 0.3) is 0 Å². The lowest BCUT2D eigenvalue weighted by Gasteiger charge is -2.16. The maximum atomic E-state index is 5.33. The molecule has 6 heteroatoms. The van der Waals surface area contributed by atoms with Gasteiger partial charge < -0.3 is 10.1 Å². The Labute approximate surface area is 100 Å². The van der Waals surface area contributed by atoms with E-state index in [2.05, 4.69) is 15.5 Å². The maximum absolute atomic E-state index is 5.33. The Bertz CT molecular complexity index is 502. The fourth-order valence-electron chi connectivity index (χ4n) is 1.96. The average Bonchev–Trinajstić information content (AvgIpc) is 2.89. The Balaban J connectivity index is 2.44. The zero-order valence-corrected chi connectivity index (χ0v) is 10.5. The summed E-state index contributed by atoms with van der Waals surface area (Å²) < 4.78 is 8.92. The lowest BCUT2D eigenvalue weighted by atomic mass is 10.1. The van der Waals surface area contributed by atoms with Gasteiger partial charge in [0.2, 0.25) is 0 Å². The number of hydrogen-bond acceptors (Lipinski definition) is 4. The molecule has 0 aliphatic carbocycles. The summed E-state index contributed by atoms with van der Waals surface area (Å²) in [6.45, 7) is 0. The smallest absolute Gasteiger partial charge is 0.161 e. The second kappa shape index (κ2) is 4.58. The van der Waals surface area contributed by atoms with Crippen molar-refractivity contribution in [1.29, 1.82) is 0 Å². The minimum Gasteiger partial charge on any atom is -0.493 e. The second-order valence-corrected chi connectivity index (χ2v) is 3.89. The quantitative estimate of drug-likeness (QED) is 0.837. The van der Waals surface area contributed by atoms with Crippen LogP contribution in [0.15, 0.2) is 18.6 Å². The predicted octanol–water partition coefficient (Wildman–Crippen LogP) is 0.471. The van der Waals surface area contributed by atoms with E-state index in [1.807, 2.05) is 38.2 Å². The van der Waals surface area contributed by atoms with E-state index in [9.17, 15) is 0 Å². The van der Waals surface area contributed by atoms with Gasteiger partial charge in [0.15, 0.2) is 5.75 Å². The highest BCUT2D eigenvalue weighted by molar-refractivity contribution is 5.34. The number of nitrogens with zero attached hydrogens (tertiary/aromatic N) is 4. The van der Waals surface area contributed by atoms with Crippen LogP contribution in [0.1, 0.15) is 17.3 Å². The second-order valence-electron chi connectivity index (χ2n) is 3.89. The monoisotopic (exact) mass is 235 g/mol.